The van der Waals surface area contributed by atoms with Crippen LogP contribution >= 0.6 is 23.2 Å². The van der Waals surface area contributed by atoms with E-state index in [0.29, 0.717) is 0 Å². The SMILES string of the molecule is Cc1ccc(C(C)NC(=O)CN(c2cc(Cl)cc(Cl)c2)S(=O)(=O)c2ccccc2)c(C)c1. The smallest absolute Gasteiger partial charge is 0.264 e. The third kappa shape index (κ3) is 5.63. The van der Waals surface area contributed by atoms with Crippen LogP contribution in [-0.2, 0) is 14.8 Å². The number of halogens is 2. The van der Waals surface area contributed by atoms with Crippen molar-refractivity contribution in [3.05, 3.63) is 93.5 Å². The van der Waals surface area contributed by atoms with Gasteiger partial charge in [0.1, 0.15) is 6.54 Å². The fourth-order valence-electron chi connectivity index (χ4n) is 3.52. The summed E-state index contributed by atoms with van der Waals surface area (Å²) in [5, 5.41) is 3.44. The Morgan fingerprint density at radius 3 is 2.19 bits per heavy atom. The molecule has 1 N–H and O–H groups in total. The van der Waals surface area contributed by atoms with E-state index in [2.05, 4.69) is 5.32 Å². The van der Waals surface area contributed by atoms with E-state index in [0.717, 1.165) is 21.0 Å². The maximum atomic E-state index is 13.4. The van der Waals surface area contributed by atoms with Crippen molar-refractivity contribution in [1.82, 2.24) is 5.32 Å². The number of nitrogens with zero attached hydrogens (tertiary/aromatic N) is 1. The molecule has 0 saturated carbocycles. The molecule has 0 radical (unpaired) electrons. The van der Waals surface area contributed by atoms with Gasteiger partial charge >= 0.3 is 0 Å². The summed E-state index contributed by atoms with van der Waals surface area (Å²) in [6, 6.07) is 18.0. The number of carbonyl (C=O) groups is 1. The van der Waals surface area contributed by atoms with Crippen molar-refractivity contribution in [2.24, 2.45) is 0 Å². The zero-order valence-corrected chi connectivity index (χ0v) is 20.3. The number of sulfonamides is 1. The number of benzene rings is 3. The Morgan fingerprint density at radius 2 is 1.59 bits per heavy atom. The van der Waals surface area contributed by atoms with E-state index < -0.39 is 22.5 Å². The first-order valence-electron chi connectivity index (χ1n) is 9.98. The topological polar surface area (TPSA) is 66.5 Å². The second-order valence-electron chi connectivity index (χ2n) is 7.60. The lowest BCUT2D eigenvalue weighted by Gasteiger charge is -2.26. The average Bonchev–Trinajstić information content (AvgIpc) is 2.71. The molecule has 3 aromatic carbocycles. The number of hydrogen-bond donors (Lipinski definition) is 1. The summed E-state index contributed by atoms with van der Waals surface area (Å²) in [6.45, 7) is 5.42. The summed E-state index contributed by atoms with van der Waals surface area (Å²) < 4.78 is 27.8. The number of aryl methyl sites for hydroxylation is 2. The summed E-state index contributed by atoms with van der Waals surface area (Å²) >= 11 is 12.2. The predicted molar refractivity (Wildman–Crippen MR) is 130 cm³/mol. The van der Waals surface area contributed by atoms with E-state index in [-0.39, 0.29) is 26.7 Å². The Kier molecular flexibility index (Phi) is 7.49. The lowest BCUT2D eigenvalue weighted by atomic mass is 10.0. The third-order valence-corrected chi connectivity index (χ3v) is 7.25. The maximum absolute atomic E-state index is 13.4. The van der Waals surface area contributed by atoms with E-state index in [1.807, 2.05) is 39.0 Å². The van der Waals surface area contributed by atoms with Gasteiger partial charge in [0.15, 0.2) is 0 Å². The van der Waals surface area contributed by atoms with Crippen LogP contribution in [0.25, 0.3) is 0 Å². The number of anilines is 1. The number of nitrogens with one attached hydrogen (secondary N) is 1. The van der Waals surface area contributed by atoms with Gasteiger partial charge in [-0.05, 0) is 62.2 Å². The molecule has 0 saturated heterocycles. The highest BCUT2D eigenvalue weighted by atomic mass is 35.5. The Labute approximate surface area is 199 Å². The third-order valence-electron chi connectivity index (χ3n) is 5.02. The first-order valence-corrected chi connectivity index (χ1v) is 12.2. The van der Waals surface area contributed by atoms with Crippen molar-refractivity contribution in [2.75, 3.05) is 10.8 Å². The molecule has 5 nitrogen and oxygen atoms in total. The van der Waals surface area contributed by atoms with E-state index in [4.69, 9.17) is 23.2 Å². The molecule has 32 heavy (non-hydrogen) atoms. The minimum atomic E-state index is -4.04. The van der Waals surface area contributed by atoms with Crippen LogP contribution in [0.4, 0.5) is 5.69 Å². The standard InChI is InChI=1S/C24H24Cl2N2O3S/c1-16-9-10-23(17(2)11-16)18(3)27-24(29)15-28(21-13-19(25)12-20(26)14-21)32(30,31)22-7-5-4-6-8-22/h4-14,18H,15H2,1-3H3,(H,27,29). The first-order chi connectivity index (χ1) is 15.1. The minimum Gasteiger partial charge on any atom is -0.348 e. The van der Waals surface area contributed by atoms with Gasteiger partial charge in [0.05, 0.1) is 16.6 Å². The molecule has 168 valence electrons. The second-order valence-corrected chi connectivity index (χ2v) is 10.3. The summed E-state index contributed by atoms with van der Waals surface area (Å²) in [6.07, 6.45) is 0. The highest BCUT2D eigenvalue weighted by Crippen LogP contribution is 2.29. The summed E-state index contributed by atoms with van der Waals surface area (Å²) in [5.74, 6) is -0.451. The van der Waals surface area contributed by atoms with Gasteiger partial charge < -0.3 is 5.32 Å². The summed E-state index contributed by atoms with van der Waals surface area (Å²) in [4.78, 5) is 13.0. The molecule has 0 fully saturated rings. The van der Waals surface area contributed by atoms with Crippen molar-refractivity contribution in [2.45, 2.75) is 31.7 Å². The summed E-state index contributed by atoms with van der Waals surface area (Å²) in [7, 11) is -4.04. The molecule has 3 rings (SSSR count). The predicted octanol–water partition coefficient (Wildman–Crippen LogP) is 5.68. The van der Waals surface area contributed by atoms with Crippen molar-refractivity contribution < 1.29 is 13.2 Å². The lowest BCUT2D eigenvalue weighted by Crippen LogP contribution is -2.41. The largest absolute Gasteiger partial charge is 0.348 e. The number of carbonyl (C=O) groups excluding carboxylic acids is 1. The van der Waals surface area contributed by atoms with Gasteiger partial charge in [-0.1, -0.05) is 65.2 Å². The minimum absolute atomic E-state index is 0.0614. The molecule has 1 atom stereocenters. The van der Waals surface area contributed by atoms with Crippen molar-refractivity contribution in [3.63, 3.8) is 0 Å². The van der Waals surface area contributed by atoms with Gasteiger partial charge in [0.25, 0.3) is 10.0 Å². The Morgan fingerprint density at radius 1 is 0.969 bits per heavy atom. The van der Waals surface area contributed by atoms with Gasteiger partial charge in [0, 0.05) is 10.0 Å². The molecule has 0 aliphatic heterocycles. The molecule has 0 heterocycles. The zero-order chi connectivity index (χ0) is 23.5. The summed E-state index contributed by atoms with van der Waals surface area (Å²) in [5.41, 5.74) is 3.35. The van der Waals surface area contributed by atoms with Gasteiger partial charge in [-0.2, -0.15) is 0 Å². The van der Waals surface area contributed by atoms with E-state index in [9.17, 15) is 13.2 Å². The molecule has 0 aliphatic carbocycles. The highest BCUT2D eigenvalue weighted by Gasteiger charge is 2.28. The molecular weight excluding hydrogens is 467 g/mol. The molecule has 0 bridgehead atoms. The molecule has 0 aliphatic rings. The van der Waals surface area contributed by atoms with Crippen molar-refractivity contribution >= 4 is 44.8 Å². The normalized spacial score (nSPS) is 12.3. The molecule has 8 heteroatoms. The average molecular weight is 491 g/mol. The molecular formula is C24H24Cl2N2O3S. The van der Waals surface area contributed by atoms with Crippen LogP contribution in [0.1, 0.15) is 29.7 Å². The molecule has 3 aromatic rings. The number of hydrogen-bond acceptors (Lipinski definition) is 3. The fraction of sp³-hybridized carbons (Fsp3) is 0.208. The van der Waals surface area contributed by atoms with Crippen LogP contribution in [0.3, 0.4) is 0 Å². The fourth-order valence-corrected chi connectivity index (χ4v) is 5.47. The maximum Gasteiger partial charge on any atom is 0.264 e. The van der Waals surface area contributed by atoms with E-state index >= 15 is 0 Å². The van der Waals surface area contributed by atoms with Gasteiger partial charge in [0.2, 0.25) is 5.91 Å². The first kappa shape index (κ1) is 24.1. The molecule has 1 unspecified atom stereocenters. The lowest BCUT2D eigenvalue weighted by molar-refractivity contribution is -0.120. The Balaban J connectivity index is 1.92. The number of amides is 1. The quantitative estimate of drug-likeness (QED) is 0.462. The van der Waals surface area contributed by atoms with Gasteiger partial charge in [-0.25, -0.2) is 8.42 Å². The van der Waals surface area contributed by atoms with Crippen LogP contribution in [-0.4, -0.2) is 20.9 Å². The van der Waals surface area contributed by atoms with Crippen molar-refractivity contribution in [3.8, 4) is 0 Å². The van der Waals surface area contributed by atoms with Gasteiger partial charge in [-0.15, -0.1) is 0 Å². The monoisotopic (exact) mass is 490 g/mol. The van der Waals surface area contributed by atoms with Crippen LogP contribution < -0.4 is 9.62 Å². The van der Waals surface area contributed by atoms with E-state index in [1.54, 1.807) is 18.2 Å². The van der Waals surface area contributed by atoms with Crippen LogP contribution in [0.15, 0.2) is 71.6 Å². The second kappa shape index (κ2) is 9.94. The van der Waals surface area contributed by atoms with Crippen molar-refractivity contribution in [1.29, 1.82) is 0 Å². The molecule has 0 aromatic heterocycles. The zero-order valence-electron chi connectivity index (χ0n) is 18.0. The Bertz CT molecular complexity index is 1210. The van der Waals surface area contributed by atoms with Crippen LogP contribution in [0.2, 0.25) is 10.0 Å². The molecule has 1 amide bonds. The van der Waals surface area contributed by atoms with E-state index in [1.165, 1.54) is 30.3 Å². The Hall–Kier alpha value is -2.54. The van der Waals surface area contributed by atoms with Gasteiger partial charge in [-0.3, -0.25) is 9.10 Å². The highest BCUT2D eigenvalue weighted by molar-refractivity contribution is 7.92. The van der Waals surface area contributed by atoms with Crippen LogP contribution in [0, 0.1) is 13.8 Å². The number of rotatable bonds is 7. The molecule has 0 spiro atoms. The van der Waals surface area contributed by atoms with Crippen LogP contribution in [0.5, 0.6) is 0 Å².